The van der Waals surface area contributed by atoms with Crippen LogP contribution < -0.4 is 11.5 Å². The number of halogens is 1. The molecular weight excluding hydrogens is 188 g/mol. The fourth-order valence-electron chi connectivity index (χ4n) is 1.90. The highest BCUT2D eigenvalue weighted by Crippen LogP contribution is 2.26. The molecule has 1 amide bonds. The molecule has 78 valence electrons. The van der Waals surface area contributed by atoms with E-state index in [4.69, 9.17) is 11.5 Å². The van der Waals surface area contributed by atoms with Gasteiger partial charge in [-0.15, -0.1) is 12.4 Å². The van der Waals surface area contributed by atoms with E-state index in [0.29, 0.717) is 5.92 Å². The molecule has 13 heavy (non-hydrogen) atoms. The van der Waals surface area contributed by atoms with Gasteiger partial charge < -0.3 is 11.5 Å². The first-order valence-electron chi connectivity index (χ1n) is 4.75. The third kappa shape index (κ3) is 4.48. The largest absolute Gasteiger partial charge is 0.368 e. The van der Waals surface area contributed by atoms with E-state index in [1.54, 1.807) is 0 Å². The average molecular weight is 207 g/mol. The molecule has 0 aliphatic heterocycles. The molecule has 3 nitrogen and oxygen atoms in total. The quantitative estimate of drug-likeness (QED) is 0.729. The van der Waals surface area contributed by atoms with E-state index >= 15 is 0 Å². The van der Waals surface area contributed by atoms with Gasteiger partial charge in [0.2, 0.25) is 5.91 Å². The summed E-state index contributed by atoms with van der Waals surface area (Å²) in [6.45, 7) is 0. The summed E-state index contributed by atoms with van der Waals surface area (Å²) in [4.78, 5) is 10.7. The van der Waals surface area contributed by atoms with Crippen LogP contribution in [0.2, 0.25) is 0 Å². The first kappa shape index (κ1) is 12.7. The lowest BCUT2D eigenvalue weighted by atomic mass is 9.85. The molecule has 4 heteroatoms. The first-order valence-corrected chi connectivity index (χ1v) is 4.75. The van der Waals surface area contributed by atoms with Crippen molar-refractivity contribution < 1.29 is 4.79 Å². The van der Waals surface area contributed by atoms with Crippen LogP contribution in [0.1, 0.15) is 38.5 Å². The monoisotopic (exact) mass is 206 g/mol. The Hall–Kier alpha value is -0.280. The van der Waals surface area contributed by atoms with Crippen molar-refractivity contribution in [1.82, 2.24) is 0 Å². The van der Waals surface area contributed by atoms with Crippen LogP contribution in [0.5, 0.6) is 0 Å². The van der Waals surface area contributed by atoms with Crippen molar-refractivity contribution in [3.8, 4) is 0 Å². The Kier molecular flexibility index (Phi) is 6.08. The molecule has 1 fully saturated rings. The van der Waals surface area contributed by atoms with Gasteiger partial charge in [0.05, 0.1) is 6.04 Å². The smallest absolute Gasteiger partial charge is 0.234 e. The van der Waals surface area contributed by atoms with Crippen LogP contribution in [0, 0.1) is 5.92 Å². The van der Waals surface area contributed by atoms with Crippen molar-refractivity contribution in [3.05, 3.63) is 0 Å². The van der Waals surface area contributed by atoms with E-state index in [1.807, 2.05) is 0 Å². The van der Waals surface area contributed by atoms with E-state index in [-0.39, 0.29) is 18.3 Å². The van der Waals surface area contributed by atoms with Gasteiger partial charge in [-0.3, -0.25) is 4.79 Å². The molecule has 0 radical (unpaired) electrons. The highest BCUT2D eigenvalue weighted by Gasteiger charge is 2.19. The molecule has 0 saturated heterocycles. The maximum atomic E-state index is 10.7. The van der Waals surface area contributed by atoms with Crippen molar-refractivity contribution in [3.63, 3.8) is 0 Å². The van der Waals surface area contributed by atoms with E-state index in [1.165, 1.54) is 32.1 Å². The van der Waals surface area contributed by atoms with Gasteiger partial charge in [0.25, 0.3) is 0 Å². The summed E-state index contributed by atoms with van der Waals surface area (Å²) in [7, 11) is 0. The van der Waals surface area contributed by atoms with Crippen molar-refractivity contribution >= 4 is 18.3 Å². The Morgan fingerprint density at radius 2 is 1.85 bits per heavy atom. The molecule has 0 spiro atoms. The van der Waals surface area contributed by atoms with Gasteiger partial charge in [0.1, 0.15) is 0 Å². The number of rotatable bonds is 3. The average Bonchev–Trinajstić information content (AvgIpc) is 2.06. The number of carbonyl (C=O) groups excluding carboxylic acids is 1. The van der Waals surface area contributed by atoms with Gasteiger partial charge in [-0.05, 0) is 12.3 Å². The highest BCUT2D eigenvalue weighted by atomic mass is 35.5. The third-order valence-corrected chi connectivity index (χ3v) is 2.68. The fraction of sp³-hybridized carbons (Fsp3) is 0.889. The van der Waals surface area contributed by atoms with Crippen LogP contribution in [-0.2, 0) is 4.79 Å². The van der Waals surface area contributed by atoms with Crippen molar-refractivity contribution in [2.45, 2.75) is 44.6 Å². The van der Waals surface area contributed by atoms with Gasteiger partial charge in [-0.25, -0.2) is 0 Å². The first-order chi connectivity index (χ1) is 5.70. The van der Waals surface area contributed by atoms with Crippen LogP contribution in [0.3, 0.4) is 0 Å². The molecule has 0 aromatic rings. The molecule has 0 bridgehead atoms. The predicted octanol–water partition coefficient (Wildman–Crippen LogP) is 1.19. The van der Waals surface area contributed by atoms with Crippen LogP contribution in [0.4, 0.5) is 0 Å². The minimum atomic E-state index is -0.423. The Morgan fingerprint density at radius 3 is 2.31 bits per heavy atom. The van der Waals surface area contributed by atoms with Gasteiger partial charge in [-0.2, -0.15) is 0 Å². The molecule has 0 heterocycles. The fourth-order valence-corrected chi connectivity index (χ4v) is 1.90. The maximum Gasteiger partial charge on any atom is 0.234 e. The van der Waals surface area contributed by atoms with E-state index < -0.39 is 6.04 Å². The minimum Gasteiger partial charge on any atom is -0.368 e. The van der Waals surface area contributed by atoms with Gasteiger partial charge >= 0.3 is 0 Å². The molecule has 1 saturated carbocycles. The normalized spacial score (nSPS) is 20.4. The molecule has 1 atom stereocenters. The number of hydrogen-bond donors (Lipinski definition) is 2. The molecule has 1 rings (SSSR count). The SMILES string of the molecule is Cl.NC(=O)C(N)CC1CCCCC1. The zero-order chi connectivity index (χ0) is 8.97. The zero-order valence-corrected chi connectivity index (χ0v) is 8.69. The third-order valence-electron chi connectivity index (χ3n) is 2.68. The Bertz CT molecular complexity index is 158. The summed E-state index contributed by atoms with van der Waals surface area (Å²) in [6, 6.07) is -0.423. The number of nitrogens with two attached hydrogens (primary N) is 2. The number of carbonyl (C=O) groups is 1. The Morgan fingerprint density at radius 1 is 1.31 bits per heavy atom. The summed E-state index contributed by atoms with van der Waals surface area (Å²) in [5, 5.41) is 0. The van der Waals surface area contributed by atoms with Gasteiger partial charge in [0.15, 0.2) is 0 Å². The van der Waals surface area contributed by atoms with Crippen LogP contribution in [-0.4, -0.2) is 11.9 Å². The molecule has 1 unspecified atom stereocenters. The molecule has 1 aliphatic rings. The topological polar surface area (TPSA) is 69.1 Å². The Labute approximate surface area is 85.6 Å². The lowest BCUT2D eigenvalue weighted by molar-refractivity contribution is -0.119. The molecule has 0 aromatic carbocycles. The Balaban J connectivity index is 0.00000144. The summed E-state index contributed by atoms with van der Waals surface area (Å²) in [6.07, 6.45) is 7.14. The van der Waals surface area contributed by atoms with E-state index in [0.717, 1.165) is 6.42 Å². The zero-order valence-electron chi connectivity index (χ0n) is 7.87. The predicted molar refractivity (Wildman–Crippen MR) is 55.6 cm³/mol. The second kappa shape index (κ2) is 6.22. The lowest BCUT2D eigenvalue weighted by Crippen LogP contribution is -2.38. The van der Waals surface area contributed by atoms with Crippen molar-refractivity contribution in [1.29, 1.82) is 0 Å². The maximum absolute atomic E-state index is 10.7. The van der Waals surface area contributed by atoms with E-state index in [9.17, 15) is 4.79 Å². The second-order valence-electron chi connectivity index (χ2n) is 3.75. The standard InChI is InChI=1S/C9H18N2O.ClH/c10-8(9(11)12)6-7-4-2-1-3-5-7;/h7-8H,1-6,10H2,(H2,11,12);1H. The summed E-state index contributed by atoms with van der Waals surface area (Å²) < 4.78 is 0. The molecule has 1 aliphatic carbocycles. The number of hydrogen-bond acceptors (Lipinski definition) is 2. The van der Waals surface area contributed by atoms with Crippen molar-refractivity contribution in [2.75, 3.05) is 0 Å². The number of amides is 1. The van der Waals surface area contributed by atoms with Crippen LogP contribution in [0.15, 0.2) is 0 Å². The summed E-state index contributed by atoms with van der Waals surface area (Å²) >= 11 is 0. The van der Waals surface area contributed by atoms with Crippen molar-refractivity contribution in [2.24, 2.45) is 17.4 Å². The van der Waals surface area contributed by atoms with Crippen LogP contribution in [0.25, 0.3) is 0 Å². The molecule has 0 aromatic heterocycles. The van der Waals surface area contributed by atoms with Gasteiger partial charge in [0, 0.05) is 0 Å². The summed E-state index contributed by atoms with van der Waals surface area (Å²) in [5.74, 6) is 0.279. The van der Waals surface area contributed by atoms with E-state index in [2.05, 4.69) is 0 Å². The highest BCUT2D eigenvalue weighted by molar-refractivity contribution is 5.85. The van der Waals surface area contributed by atoms with Gasteiger partial charge in [-0.1, -0.05) is 32.1 Å². The summed E-state index contributed by atoms with van der Waals surface area (Å²) in [5.41, 5.74) is 10.7. The molecular formula is C9H19ClN2O. The second-order valence-corrected chi connectivity index (χ2v) is 3.75. The van der Waals surface area contributed by atoms with Crippen LogP contribution >= 0.6 is 12.4 Å². The molecule has 4 N–H and O–H groups in total. The lowest BCUT2D eigenvalue weighted by Gasteiger charge is -2.23. The minimum absolute atomic E-state index is 0. The number of primary amides is 1.